The molecule has 1 aliphatic rings. The maximum Gasteiger partial charge on any atom is 0.235 e. The van der Waals surface area contributed by atoms with E-state index in [4.69, 9.17) is 4.52 Å². The summed E-state index contributed by atoms with van der Waals surface area (Å²) in [4.78, 5) is 34.8. The summed E-state index contributed by atoms with van der Waals surface area (Å²) in [5.41, 5.74) is 1.82. The number of nitrogens with zero attached hydrogens (tertiary/aromatic N) is 1. The van der Waals surface area contributed by atoms with Gasteiger partial charge in [-0.3, -0.25) is 19.7 Å². The third-order valence-electron chi connectivity index (χ3n) is 4.37. The summed E-state index contributed by atoms with van der Waals surface area (Å²) in [6, 6.07) is 9.19. The summed E-state index contributed by atoms with van der Waals surface area (Å²) in [6.07, 6.45) is 0.689. The lowest BCUT2D eigenvalue weighted by atomic mass is 9.91. The molecule has 4 rings (SSSR count). The van der Waals surface area contributed by atoms with Crippen molar-refractivity contribution in [2.45, 2.75) is 25.7 Å². The normalized spacial score (nSPS) is 17.7. The molecule has 0 bridgehead atoms. The number of nitrogens with one attached hydrogen (secondary N) is 2. The van der Waals surface area contributed by atoms with Crippen LogP contribution in [0.5, 0.6) is 0 Å². The molecule has 1 saturated heterocycles. The van der Waals surface area contributed by atoms with Gasteiger partial charge in [0.25, 0.3) is 0 Å². The van der Waals surface area contributed by atoms with E-state index in [2.05, 4.69) is 15.8 Å². The minimum absolute atomic E-state index is 0.144. The van der Waals surface area contributed by atoms with Gasteiger partial charge in [0.2, 0.25) is 17.7 Å². The van der Waals surface area contributed by atoms with Crippen molar-refractivity contribution in [3.63, 3.8) is 0 Å². The monoisotopic (exact) mass is 337 g/mol. The molecular formula is C18H15N3O4. The van der Waals surface area contributed by atoms with Crippen LogP contribution in [0.2, 0.25) is 0 Å². The Morgan fingerprint density at radius 1 is 1.28 bits per heavy atom. The fourth-order valence-corrected chi connectivity index (χ4v) is 3.27. The van der Waals surface area contributed by atoms with Crippen molar-refractivity contribution >= 4 is 45.2 Å². The maximum absolute atomic E-state index is 12.2. The number of carbonyl (C=O) groups is 3. The number of piperidine rings is 1. The molecule has 0 unspecified atom stereocenters. The number of anilines is 1. The van der Waals surface area contributed by atoms with Gasteiger partial charge in [0.05, 0.1) is 11.3 Å². The molecule has 7 heteroatoms. The first-order valence-corrected chi connectivity index (χ1v) is 7.96. The first-order chi connectivity index (χ1) is 12.0. The summed E-state index contributed by atoms with van der Waals surface area (Å²) in [5.74, 6) is -1.27. The predicted octanol–water partition coefficient (Wildman–Crippen LogP) is 2.46. The molecule has 3 aromatic rings. The van der Waals surface area contributed by atoms with Gasteiger partial charge in [-0.15, -0.1) is 0 Å². The smallest absolute Gasteiger partial charge is 0.235 e. The Bertz CT molecular complexity index is 1040. The van der Waals surface area contributed by atoms with Gasteiger partial charge in [0, 0.05) is 19.0 Å². The SMILES string of the molecule is CC(=O)Nc1ccc2c(ccc3onc([C@H]4CCC(=O)NC4=O)c32)c1. The van der Waals surface area contributed by atoms with Gasteiger partial charge in [0.15, 0.2) is 5.58 Å². The molecule has 0 saturated carbocycles. The summed E-state index contributed by atoms with van der Waals surface area (Å²) < 4.78 is 5.40. The lowest BCUT2D eigenvalue weighted by Crippen LogP contribution is -2.39. The Morgan fingerprint density at radius 2 is 2.12 bits per heavy atom. The maximum atomic E-state index is 12.2. The number of fused-ring (bicyclic) bond motifs is 3. The molecule has 0 aliphatic carbocycles. The zero-order valence-electron chi connectivity index (χ0n) is 13.5. The Kier molecular flexibility index (Phi) is 3.49. The van der Waals surface area contributed by atoms with Crippen LogP contribution in [0.15, 0.2) is 34.9 Å². The van der Waals surface area contributed by atoms with Crippen LogP contribution in [0.4, 0.5) is 5.69 Å². The molecule has 1 aliphatic heterocycles. The molecule has 2 aromatic carbocycles. The van der Waals surface area contributed by atoms with E-state index in [0.29, 0.717) is 23.4 Å². The van der Waals surface area contributed by atoms with Crippen LogP contribution >= 0.6 is 0 Å². The Hall–Kier alpha value is -3.22. The largest absolute Gasteiger partial charge is 0.356 e. The molecule has 126 valence electrons. The van der Waals surface area contributed by atoms with Gasteiger partial charge < -0.3 is 9.84 Å². The lowest BCUT2D eigenvalue weighted by Gasteiger charge is -2.19. The number of aromatic nitrogens is 1. The number of benzene rings is 2. The minimum Gasteiger partial charge on any atom is -0.356 e. The van der Waals surface area contributed by atoms with Crippen LogP contribution in [0.1, 0.15) is 31.4 Å². The van der Waals surface area contributed by atoms with Gasteiger partial charge in [-0.25, -0.2) is 0 Å². The second-order valence-corrected chi connectivity index (χ2v) is 6.13. The van der Waals surface area contributed by atoms with Crippen molar-refractivity contribution in [1.29, 1.82) is 0 Å². The van der Waals surface area contributed by atoms with Crippen LogP contribution in [-0.4, -0.2) is 22.9 Å². The standard InChI is InChI=1S/C18H15N3O4/c1-9(22)19-11-3-4-12-10(8-11)2-6-14-16(12)17(21-25-14)13-5-7-15(23)20-18(13)24/h2-4,6,8,13H,5,7H2,1H3,(H,19,22)(H,20,23,24)/t13-/m1/s1. The van der Waals surface area contributed by atoms with E-state index < -0.39 is 5.92 Å². The van der Waals surface area contributed by atoms with E-state index in [-0.39, 0.29) is 24.1 Å². The summed E-state index contributed by atoms with van der Waals surface area (Å²) in [6.45, 7) is 1.45. The third kappa shape index (κ3) is 2.63. The van der Waals surface area contributed by atoms with Crippen LogP contribution in [0.25, 0.3) is 21.7 Å². The average Bonchev–Trinajstić information content (AvgIpc) is 2.98. The van der Waals surface area contributed by atoms with Gasteiger partial charge in [0.1, 0.15) is 5.69 Å². The Morgan fingerprint density at radius 3 is 2.88 bits per heavy atom. The highest BCUT2D eigenvalue weighted by Gasteiger charge is 2.32. The Labute approximate surface area is 142 Å². The summed E-state index contributed by atoms with van der Waals surface area (Å²) >= 11 is 0. The summed E-state index contributed by atoms with van der Waals surface area (Å²) in [5, 5.41) is 11.7. The van der Waals surface area contributed by atoms with E-state index >= 15 is 0 Å². The molecule has 7 nitrogen and oxygen atoms in total. The number of imide groups is 1. The highest BCUT2D eigenvalue weighted by Crippen LogP contribution is 2.35. The van der Waals surface area contributed by atoms with Crippen molar-refractivity contribution in [3.8, 4) is 0 Å². The number of hydrogen-bond acceptors (Lipinski definition) is 5. The van der Waals surface area contributed by atoms with Gasteiger partial charge >= 0.3 is 0 Å². The van der Waals surface area contributed by atoms with Crippen molar-refractivity contribution < 1.29 is 18.9 Å². The first-order valence-electron chi connectivity index (χ1n) is 7.96. The highest BCUT2D eigenvalue weighted by atomic mass is 16.5. The van der Waals surface area contributed by atoms with E-state index in [0.717, 1.165) is 16.2 Å². The average molecular weight is 337 g/mol. The highest BCUT2D eigenvalue weighted by molar-refractivity contribution is 6.10. The number of rotatable bonds is 2. The molecule has 0 spiro atoms. The van der Waals surface area contributed by atoms with Crippen LogP contribution in [-0.2, 0) is 14.4 Å². The molecule has 0 radical (unpaired) electrons. The Balaban J connectivity index is 1.86. The molecule has 1 atom stereocenters. The number of amides is 3. The zero-order valence-corrected chi connectivity index (χ0v) is 13.5. The first kappa shape index (κ1) is 15.3. The zero-order chi connectivity index (χ0) is 17.6. The van der Waals surface area contributed by atoms with Crippen LogP contribution < -0.4 is 10.6 Å². The van der Waals surface area contributed by atoms with E-state index in [1.807, 2.05) is 18.2 Å². The molecule has 2 N–H and O–H groups in total. The van der Waals surface area contributed by atoms with E-state index in [1.54, 1.807) is 12.1 Å². The minimum atomic E-state index is -0.514. The van der Waals surface area contributed by atoms with Crippen molar-refractivity contribution in [2.24, 2.45) is 0 Å². The van der Waals surface area contributed by atoms with E-state index in [1.165, 1.54) is 6.92 Å². The number of carbonyl (C=O) groups excluding carboxylic acids is 3. The quantitative estimate of drug-likeness (QED) is 0.700. The molecule has 3 amide bonds. The van der Waals surface area contributed by atoms with Crippen molar-refractivity contribution in [1.82, 2.24) is 10.5 Å². The van der Waals surface area contributed by atoms with Crippen LogP contribution in [0.3, 0.4) is 0 Å². The summed E-state index contributed by atoms with van der Waals surface area (Å²) in [7, 11) is 0. The second-order valence-electron chi connectivity index (χ2n) is 6.13. The van der Waals surface area contributed by atoms with Crippen LogP contribution in [0, 0.1) is 0 Å². The molecule has 1 aromatic heterocycles. The number of hydrogen-bond donors (Lipinski definition) is 2. The molecule has 25 heavy (non-hydrogen) atoms. The second kappa shape index (κ2) is 5.70. The molecule has 2 heterocycles. The van der Waals surface area contributed by atoms with Gasteiger partial charge in [-0.05, 0) is 35.4 Å². The lowest BCUT2D eigenvalue weighted by molar-refractivity contribution is -0.134. The molecular weight excluding hydrogens is 322 g/mol. The fourth-order valence-electron chi connectivity index (χ4n) is 3.27. The van der Waals surface area contributed by atoms with Crippen molar-refractivity contribution in [2.75, 3.05) is 5.32 Å². The topological polar surface area (TPSA) is 101 Å². The predicted molar refractivity (Wildman–Crippen MR) is 90.9 cm³/mol. The fraction of sp³-hybridized carbons (Fsp3) is 0.222. The third-order valence-corrected chi connectivity index (χ3v) is 4.37. The van der Waals surface area contributed by atoms with Gasteiger partial charge in [-0.1, -0.05) is 17.3 Å². The molecule has 1 fully saturated rings. The van der Waals surface area contributed by atoms with Crippen molar-refractivity contribution in [3.05, 3.63) is 36.0 Å². The van der Waals surface area contributed by atoms with Gasteiger partial charge in [-0.2, -0.15) is 0 Å². The van der Waals surface area contributed by atoms with E-state index in [9.17, 15) is 14.4 Å².